The highest BCUT2D eigenvalue weighted by Crippen LogP contribution is 2.27. The maximum atomic E-state index is 13.3. The topological polar surface area (TPSA) is 103 Å². The summed E-state index contributed by atoms with van der Waals surface area (Å²) in [6.07, 6.45) is 2.20. The predicted octanol–water partition coefficient (Wildman–Crippen LogP) is 3.34. The number of nitrogens with one attached hydrogen (secondary N) is 1. The third-order valence-corrected chi connectivity index (χ3v) is 6.54. The Morgan fingerprint density at radius 2 is 1.84 bits per heavy atom. The van der Waals surface area contributed by atoms with Crippen LogP contribution in [0.15, 0.2) is 48.5 Å². The Morgan fingerprint density at radius 1 is 1.09 bits per heavy atom. The van der Waals surface area contributed by atoms with Crippen molar-refractivity contribution in [2.24, 2.45) is 17.6 Å². The number of benzene rings is 2. The number of amides is 2. The molecule has 32 heavy (non-hydrogen) atoms. The Morgan fingerprint density at radius 3 is 2.56 bits per heavy atom. The van der Waals surface area contributed by atoms with E-state index in [1.54, 1.807) is 6.07 Å². The molecule has 1 unspecified atom stereocenters. The van der Waals surface area contributed by atoms with Gasteiger partial charge < -0.3 is 16.4 Å². The fourth-order valence-corrected chi connectivity index (χ4v) is 4.87. The van der Waals surface area contributed by atoms with Gasteiger partial charge in [-0.2, -0.15) is 0 Å². The molecule has 170 valence electrons. The van der Waals surface area contributed by atoms with E-state index in [0.29, 0.717) is 23.9 Å². The summed E-state index contributed by atoms with van der Waals surface area (Å²) >= 11 is 0. The summed E-state index contributed by atoms with van der Waals surface area (Å²) in [4.78, 5) is 19.6. The Kier molecular flexibility index (Phi) is 6.65. The second-order valence-corrected chi connectivity index (χ2v) is 9.33. The van der Waals surface area contributed by atoms with Gasteiger partial charge in [0.15, 0.2) is 0 Å². The Bertz CT molecular complexity index is 968. The molecule has 2 amide bonds. The summed E-state index contributed by atoms with van der Waals surface area (Å²) in [5, 5.41) is 7.70. The van der Waals surface area contributed by atoms with Gasteiger partial charge in [-0.15, -0.1) is 0 Å². The van der Waals surface area contributed by atoms with E-state index in [1.165, 1.54) is 5.56 Å². The molecule has 7 heteroatoms. The van der Waals surface area contributed by atoms with Crippen molar-refractivity contribution in [1.29, 1.82) is 5.41 Å². The number of likely N-dealkylation sites (tertiary alicyclic amines) is 1. The van der Waals surface area contributed by atoms with Crippen LogP contribution in [-0.2, 0) is 6.54 Å². The largest absolute Gasteiger partial charge is 0.399 e. The number of nitrogen functional groups attached to an aromatic ring is 2. The Hall–Kier alpha value is -3.06. The number of nitrogens with two attached hydrogens (primary N) is 2. The molecule has 0 aromatic heterocycles. The quantitative estimate of drug-likeness (QED) is 0.369. The lowest BCUT2D eigenvalue weighted by Gasteiger charge is -2.42. The fraction of sp³-hybridized carbons (Fsp3) is 0.440. The van der Waals surface area contributed by atoms with Crippen molar-refractivity contribution < 1.29 is 4.79 Å². The van der Waals surface area contributed by atoms with Gasteiger partial charge in [-0.1, -0.05) is 31.2 Å². The number of urea groups is 1. The summed E-state index contributed by atoms with van der Waals surface area (Å²) in [5.74, 6) is 0.926. The average molecular weight is 435 g/mol. The molecular formula is C25H34N6O. The van der Waals surface area contributed by atoms with E-state index in [9.17, 15) is 4.79 Å². The van der Waals surface area contributed by atoms with Gasteiger partial charge in [-0.05, 0) is 67.6 Å². The number of amidine groups is 1. The second kappa shape index (κ2) is 9.61. The van der Waals surface area contributed by atoms with E-state index >= 15 is 0 Å². The molecule has 0 spiro atoms. The minimum absolute atomic E-state index is 0.0196. The van der Waals surface area contributed by atoms with Crippen LogP contribution in [0, 0.1) is 17.2 Å². The number of carbonyl (C=O) groups excluding carboxylic acids is 1. The molecule has 0 saturated carbocycles. The van der Waals surface area contributed by atoms with Gasteiger partial charge in [-0.3, -0.25) is 15.2 Å². The minimum atomic E-state index is 0.0196. The number of carbonyl (C=O) groups is 1. The van der Waals surface area contributed by atoms with Crippen molar-refractivity contribution in [3.63, 3.8) is 0 Å². The summed E-state index contributed by atoms with van der Waals surface area (Å²) in [5.41, 5.74) is 15.1. The Labute approximate surface area is 190 Å². The van der Waals surface area contributed by atoms with Crippen molar-refractivity contribution in [2.75, 3.05) is 43.4 Å². The lowest BCUT2D eigenvalue weighted by Crippen LogP contribution is -2.54. The number of hydrogen-bond acceptors (Lipinski definition) is 4. The van der Waals surface area contributed by atoms with Gasteiger partial charge in [0.05, 0.1) is 0 Å². The summed E-state index contributed by atoms with van der Waals surface area (Å²) in [6, 6.07) is 15.6. The molecule has 2 fully saturated rings. The van der Waals surface area contributed by atoms with Gasteiger partial charge in [-0.25, -0.2) is 4.79 Å². The lowest BCUT2D eigenvalue weighted by molar-refractivity contribution is 0.131. The molecule has 5 N–H and O–H groups in total. The van der Waals surface area contributed by atoms with Crippen molar-refractivity contribution in [3.05, 3.63) is 59.7 Å². The van der Waals surface area contributed by atoms with E-state index in [1.807, 2.05) is 40.1 Å². The van der Waals surface area contributed by atoms with Crippen LogP contribution in [0.5, 0.6) is 0 Å². The molecule has 0 bridgehead atoms. The standard InChI is InChI=1S/C25H34N6O/c1-18-14-30(25(32)31(15-18)23-7-3-5-21(13-23)24(27)28)17-19-8-10-29(11-9-19)16-20-4-2-6-22(26)12-20/h2-7,12-13,18-19H,8-11,14-17,26H2,1H3,(H3,27,28). The summed E-state index contributed by atoms with van der Waals surface area (Å²) in [7, 11) is 0. The van der Waals surface area contributed by atoms with Gasteiger partial charge >= 0.3 is 6.03 Å². The normalized spacial score (nSPS) is 20.5. The first kappa shape index (κ1) is 22.1. The molecule has 1 atom stereocenters. The first-order chi connectivity index (χ1) is 15.4. The third kappa shape index (κ3) is 5.22. The SMILES string of the molecule is CC1CN(CC2CCN(Cc3cccc(N)c3)CC2)C(=O)N(c2cccc(C(=N)N)c2)C1. The van der Waals surface area contributed by atoms with E-state index in [0.717, 1.165) is 56.9 Å². The van der Waals surface area contributed by atoms with Crippen molar-refractivity contribution in [1.82, 2.24) is 9.80 Å². The highest BCUT2D eigenvalue weighted by Gasteiger charge is 2.33. The molecular weight excluding hydrogens is 400 g/mol. The molecule has 2 aliphatic rings. The van der Waals surface area contributed by atoms with Crippen LogP contribution in [0.1, 0.15) is 30.9 Å². The number of anilines is 2. The number of piperidine rings is 1. The van der Waals surface area contributed by atoms with Crippen LogP contribution in [0.3, 0.4) is 0 Å². The van der Waals surface area contributed by atoms with Crippen LogP contribution in [0.4, 0.5) is 16.2 Å². The molecule has 2 aromatic carbocycles. The first-order valence-corrected chi connectivity index (χ1v) is 11.5. The molecule has 2 aliphatic heterocycles. The monoisotopic (exact) mass is 434 g/mol. The van der Waals surface area contributed by atoms with Gasteiger partial charge in [0.1, 0.15) is 5.84 Å². The summed E-state index contributed by atoms with van der Waals surface area (Å²) in [6.45, 7) is 7.49. The number of hydrogen-bond donors (Lipinski definition) is 3. The molecule has 2 heterocycles. The van der Waals surface area contributed by atoms with E-state index in [4.69, 9.17) is 16.9 Å². The maximum Gasteiger partial charge on any atom is 0.324 e. The average Bonchev–Trinajstić information content (AvgIpc) is 2.77. The van der Waals surface area contributed by atoms with E-state index in [2.05, 4.69) is 24.0 Å². The lowest BCUT2D eigenvalue weighted by atomic mass is 9.95. The smallest absolute Gasteiger partial charge is 0.324 e. The molecule has 2 saturated heterocycles. The molecule has 0 radical (unpaired) electrons. The van der Waals surface area contributed by atoms with Crippen LogP contribution in [0.2, 0.25) is 0 Å². The molecule has 4 rings (SSSR count). The van der Waals surface area contributed by atoms with Crippen LogP contribution in [0.25, 0.3) is 0 Å². The Balaban J connectivity index is 1.35. The zero-order valence-corrected chi connectivity index (χ0v) is 18.8. The highest BCUT2D eigenvalue weighted by molar-refractivity contribution is 5.98. The van der Waals surface area contributed by atoms with Crippen LogP contribution < -0.4 is 16.4 Å². The number of rotatable bonds is 6. The highest BCUT2D eigenvalue weighted by atomic mass is 16.2. The van der Waals surface area contributed by atoms with Gasteiger partial charge in [0, 0.05) is 43.1 Å². The van der Waals surface area contributed by atoms with E-state index < -0.39 is 0 Å². The van der Waals surface area contributed by atoms with Crippen molar-refractivity contribution >= 4 is 23.2 Å². The predicted molar refractivity (Wildman–Crippen MR) is 130 cm³/mol. The molecule has 0 aliphatic carbocycles. The minimum Gasteiger partial charge on any atom is -0.399 e. The van der Waals surface area contributed by atoms with Crippen molar-refractivity contribution in [3.8, 4) is 0 Å². The van der Waals surface area contributed by atoms with E-state index in [-0.39, 0.29) is 11.9 Å². The van der Waals surface area contributed by atoms with Crippen LogP contribution in [-0.4, -0.2) is 54.4 Å². The number of nitrogens with zero attached hydrogens (tertiary/aromatic N) is 3. The van der Waals surface area contributed by atoms with Gasteiger partial charge in [0.25, 0.3) is 0 Å². The molecule has 7 nitrogen and oxygen atoms in total. The summed E-state index contributed by atoms with van der Waals surface area (Å²) < 4.78 is 0. The van der Waals surface area contributed by atoms with Crippen LogP contribution >= 0.6 is 0 Å². The maximum absolute atomic E-state index is 13.3. The second-order valence-electron chi connectivity index (χ2n) is 9.33. The third-order valence-electron chi connectivity index (χ3n) is 6.54. The van der Waals surface area contributed by atoms with Crippen molar-refractivity contribution in [2.45, 2.75) is 26.3 Å². The zero-order chi connectivity index (χ0) is 22.7. The molecule has 2 aromatic rings. The fourth-order valence-electron chi connectivity index (χ4n) is 4.87. The van der Waals surface area contributed by atoms with Gasteiger partial charge in [0.2, 0.25) is 0 Å². The first-order valence-electron chi connectivity index (χ1n) is 11.5. The zero-order valence-electron chi connectivity index (χ0n) is 18.8.